The van der Waals surface area contributed by atoms with Gasteiger partial charge in [0.1, 0.15) is 0 Å². The van der Waals surface area contributed by atoms with Crippen LogP contribution in [0, 0.1) is 5.92 Å². The minimum Gasteiger partial charge on any atom is -0.369 e. The molecule has 2 N–H and O–H groups in total. The van der Waals surface area contributed by atoms with E-state index in [1.165, 1.54) is 0 Å². The predicted molar refractivity (Wildman–Crippen MR) is 31.5 cm³/mol. The summed E-state index contributed by atoms with van der Waals surface area (Å²) in [4.78, 5) is 10.4. The number of alkyl halides is 2. The van der Waals surface area contributed by atoms with Crippen LogP contribution in [0.5, 0.6) is 0 Å². The van der Waals surface area contributed by atoms with Gasteiger partial charge in [-0.15, -0.1) is 0 Å². The maximum absolute atomic E-state index is 12.3. The van der Waals surface area contributed by atoms with Gasteiger partial charge >= 0.3 is 0 Å². The number of primary amides is 1. The molecule has 0 aromatic rings. The minimum atomic E-state index is -2.65. The zero-order valence-corrected chi connectivity index (χ0v) is 5.44. The summed E-state index contributed by atoms with van der Waals surface area (Å²) in [7, 11) is 0. The zero-order valence-electron chi connectivity index (χ0n) is 5.44. The third kappa shape index (κ3) is 1.43. The molecule has 0 unspecified atom stereocenters. The molecular formula is C6H9F2NO. The first-order valence-corrected chi connectivity index (χ1v) is 3.18. The molecule has 0 aromatic heterocycles. The van der Waals surface area contributed by atoms with E-state index in [-0.39, 0.29) is 19.3 Å². The Morgan fingerprint density at radius 1 is 1.60 bits per heavy atom. The van der Waals surface area contributed by atoms with E-state index in [1.807, 2.05) is 0 Å². The zero-order chi connectivity index (χ0) is 7.78. The molecule has 58 valence electrons. The Balaban J connectivity index is 2.51. The summed E-state index contributed by atoms with van der Waals surface area (Å²) in [5.41, 5.74) is 4.85. The van der Waals surface area contributed by atoms with Gasteiger partial charge in [0.05, 0.1) is 0 Å². The molecule has 1 atom stereocenters. The van der Waals surface area contributed by atoms with Gasteiger partial charge in [0.15, 0.2) is 0 Å². The van der Waals surface area contributed by atoms with Crippen molar-refractivity contribution in [2.24, 2.45) is 11.7 Å². The van der Waals surface area contributed by atoms with Crippen LogP contribution in [0.2, 0.25) is 0 Å². The lowest BCUT2D eigenvalue weighted by Gasteiger charge is -2.06. The van der Waals surface area contributed by atoms with Gasteiger partial charge in [0.25, 0.3) is 0 Å². The van der Waals surface area contributed by atoms with E-state index < -0.39 is 17.7 Å². The van der Waals surface area contributed by atoms with Gasteiger partial charge < -0.3 is 5.73 Å². The molecule has 1 rings (SSSR count). The Hall–Kier alpha value is -0.670. The summed E-state index contributed by atoms with van der Waals surface area (Å²) in [5, 5.41) is 0. The summed E-state index contributed by atoms with van der Waals surface area (Å²) < 4.78 is 24.7. The second-order valence-corrected chi connectivity index (χ2v) is 2.70. The molecule has 0 heterocycles. The Labute approximate surface area is 57.4 Å². The standard InChI is InChI=1S/C6H9F2NO/c7-6(8)2-1-4(3-6)5(9)10/h4H,1-3H2,(H2,9,10)/t4-/m0/s1. The summed E-state index contributed by atoms with van der Waals surface area (Å²) >= 11 is 0. The Bertz CT molecular complexity index is 158. The maximum Gasteiger partial charge on any atom is 0.248 e. The predicted octanol–water partition coefficient (Wildman–Crippen LogP) is 0.907. The fourth-order valence-corrected chi connectivity index (χ4v) is 1.19. The molecule has 1 amide bonds. The van der Waals surface area contributed by atoms with Gasteiger partial charge in [-0.25, -0.2) is 8.78 Å². The number of rotatable bonds is 1. The number of hydrogen-bond donors (Lipinski definition) is 1. The van der Waals surface area contributed by atoms with Crippen molar-refractivity contribution in [2.75, 3.05) is 0 Å². The molecule has 0 aromatic carbocycles. The van der Waals surface area contributed by atoms with Crippen molar-refractivity contribution in [3.63, 3.8) is 0 Å². The van der Waals surface area contributed by atoms with Gasteiger partial charge in [-0.2, -0.15) is 0 Å². The molecule has 1 aliphatic carbocycles. The lowest BCUT2D eigenvalue weighted by atomic mass is 10.1. The lowest BCUT2D eigenvalue weighted by Crippen LogP contribution is -2.22. The highest BCUT2D eigenvalue weighted by atomic mass is 19.3. The summed E-state index contributed by atoms with van der Waals surface area (Å²) in [6, 6.07) is 0. The average molecular weight is 149 g/mol. The van der Waals surface area contributed by atoms with Gasteiger partial charge in [-0.1, -0.05) is 0 Å². The van der Waals surface area contributed by atoms with Crippen molar-refractivity contribution in [2.45, 2.75) is 25.2 Å². The third-order valence-electron chi connectivity index (χ3n) is 1.81. The van der Waals surface area contributed by atoms with E-state index in [0.717, 1.165) is 0 Å². The third-order valence-corrected chi connectivity index (χ3v) is 1.81. The molecule has 1 saturated carbocycles. The van der Waals surface area contributed by atoms with E-state index in [2.05, 4.69) is 0 Å². The molecule has 4 heteroatoms. The molecule has 0 aliphatic heterocycles. The largest absolute Gasteiger partial charge is 0.369 e. The van der Waals surface area contributed by atoms with Crippen LogP contribution in [0.1, 0.15) is 19.3 Å². The van der Waals surface area contributed by atoms with Crippen molar-refractivity contribution < 1.29 is 13.6 Å². The normalized spacial score (nSPS) is 30.4. The van der Waals surface area contributed by atoms with Crippen molar-refractivity contribution >= 4 is 5.91 Å². The Morgan fingerprint density at radius 3 is 2.40 bits per heavy atom. The number of halogens is 2. The molecule has 0 radical (unpaired) electrons. The van der Waals surface area contributed by atoms with E-state index in [1.54, 1.807) is 0 Å². The molecule has 0 spiro atoms. The highest BCUT2D eigenvalue weighted by molar-refractivity contribution is 5.77. The van der Waals surface area contributed by atoms with Gasteiger partial charge in [-0.05, 0) is 6.42 Å². The number of hydrogen-bond acceptors (Lipinski definition) is 1. The fraction of sp³-hybridized carbons (Fsp3) is 0.833. The van der Waals surface area contributed by atoms with E-state index >= 15 is 0 Å². The first kappa shape index (κ1) is 7.44. The van der Waals surface area contributed by atoms with Gasteiger partial charge in [0, 0.05) is 18.8 Å². The SMILES string of the molecule is NC(=O)[C@H]1CCC(F)(F)C1. The van der Waals surface area contributed by atoms with Crippen LogP contribution >= 0.6 is 0 Å². The summed E-state index contributed by atoms with van der Waals surface area (Å²) in [6.07, 6.45) is -0.314. The van der Waals surface area contributed by atoms with Crippen molar-refractivity contribution in [1.82, 2.24) is 0 Å². The number of carbonyl (C=O) groups excluding carboxylic acids is 1. The minimum absolute atomic E-state index is 0.194. The van der Waals surface area contributed by atoms with Crippen molar-refractivity contribution in [3.05, 3.63) is 0 Å². The van der Waals surface area contributed by atoms with E-state index in [0.29, 0.717) is 0 Å². The topological polar surface area (TPSA) is 43.1 Å². The highest BCUT2D eigenvalue weighted by Gasteiger charge is 2.41. The second-order valence-electron chi connectivity index (χ2n) is 2.70. The summed E-state index contributed by atoms with van der Waals surface area (Å²) in [6.45, 7) is 0. The molecule has 1 aliphatic rings. The monoisotopic (exact) mass is 149 g/mol. The Kier molecular flexibility index (Phi) is 1.62. The molecule has 1 fully saturated rings. The fourth-order valence-electron chi connectivity index (χ4n) is 1.19. The van der Waals surface area contributed by atoms with Crippen LogP contribution in [-0.2, 0) is 4.79 Å². The maximum atomic E-state index is 12.3. The number of carbonyl (C=O) groups is 1. The van der Waals surface area contributed by atoms with E-state index in [9.17, 15) is 13.6 Å². The Morgan fingerprint density at radius 2 is 2.20 bits per heavy atom. The van der Waals surface area contributed by atoms with Crippen LogP contribution < -0.4 is 5.73 Å². The smallest absolute Gasteiger partial charge is 0.248 e. The van der Waals surface area contributed by atoms with E-state index in [4.69, 9.17) is 5.73 Å². The molecule has 10 heavy (non-hydrogen) atoms. The van der Waals surface area contributed by atoms with Gasteiger partial charge in [-0.3, -0.25) is 4.79 Å². The van der Waals surface area contributed by atoms with Crippen LogP contribution in [0.25, 0.3) is 0 Å². The van der Waals surface area contributed by atoms with Crippen molar-refractivity contribution in [3.8, 4) is 0 Å². The first-order valence-electron chi connectivity index (χ1n) is 3.18. The number of amides is 1. The lowest BCUT2D eigenvalue weighted by molar-refractivity contribution is -0.122. The highest BCUT2D eigenvalue weighted by Crippen LogP contribution is 2.38. The molecule has 0 saturated heterocycles. The second kappa shape index (κ2) is 2.18. The van der Waals surface area contributed by atoms with Gasteiger partial charge in [0.2, 0.25) is 11.8 Å². The van der Waals surface area contributed by atoms with Crippen LogP contribution in [0.4, 0.5) is 8.78 Å². The molecule has 2 nitrogen and oxygen atoms in total. The average Bonchev–Trinajstić information content (AvgIpc) is 2.10. The molecular weight excluding hydrogens is 140 g/mol. The summed E-state index contributed by atoms with van der Waals surface area (Å²) in [5.74, 6) is -3.85. The first-order chi connectivity index (χ1) is 4.51. The van der Waals surface area contributed by atoms with Crippen molar-refractivity contribution in [1.29, 1.82) is 0 Å². The van der Waals surface area contributed by atoms with Crippen LogP contribution in [-0.4, -0.2) is 11.8 Å². The van der Waals surface area contributed by atoms with Crippen LogP contribution in [0.3, 0.4) is 0 Å². The molecule has 0 bridgehead atoms. The quantitative estimate of drug-likeness (QED) is 0.591. The van der Waals surface area contributed by atoms with Crippen LogP contribution in [0.15, 0.2) is 0 Å². The number of nitrogens with two attached hydrogens (primary N) is 1.